The van der Waals surface area contributed by atoms with Crippen LogP contribution in [0.2, 0.25) is 0 Å². The van der Waals surface area contributed by atoms with E-state index in [2.05, 4.69) is 15.5 Å². The highest BCUT2D eigenvalue weighted by molar-refractivity contribution is 5.75. The first kappa shape index (κ1) is 8.61. The molecule has 0 aromatic carbocycles. The molecule has 2 aromatic heterocycles. The molecule has 0 radical (unpaired) electrons. The molecule has 0 spiro atoms. The number of hydrogen-bond acceptors (Lipinski definition) is 4. The Morgan fingerprint density at radius 2 is 2.36 bits per heavy atom. The molecule has 2 heterocycles. The first-order valence-electron chi connectivity index (χ1n) is 4.09. The molecule has 0 aliphatic rings. The molecule has 6 heteroatoms. The third kappa shape index (κ3) is 1.30. The van der Waals surface area contributed by atoms with Crippen LogP contribution in [0.3, 0.4) is 0 Å². The highest BCUT2D eigenvalue weighted by Gasteiger charge is 2.14. The minimum atomic E-state index is -0.863. The van der Waals surface area contributed by atoms with Crippen LogP contribution in [-0.2, 0) is 4.79 Å². The summed E-state index contributed by atoms with van der Waals surface area (Å²) >= 11 is 0. The van der Waals surface area contributed by atoms with Gasteiger partial charge in [0.05, 0.1) is 5.92 Å². The number of carbonyl (C=O) groups is 1. The van der Waals surface area contributed by atoms with Crippen LogP contribution in [0.25, 0.3) is 5.65 Å². The number of nitrogens with zero attached hydrogens (tertiary/aromatic N) is 4. The Balaban J connectivity index is 2.48. The first-order valence-corrected chi connectivity index (χ1v) is 4.09. The van der Waals surface area contributed by atoms with Crippen molar-refractivity contribution in [2.75, 3.05) is 0 Å². The van der Waals surface area contributed by atoms with Crippen molar-refractivity contribution in [1.29, 1.82) is 0 Å². The zero-order valence-corrected chi connectivity index (χ0v) is 7.45. The maximum absolute atomic E-state index is 10.7. The molecule has 0 bridgehead atoms. The van der Waals surface area contributed by atoms with Gasteiger partial charge in [-0.2, -0.15) is 0 Å². The highest BCUT2D eigenvalue weighted by atomic mass is 16.4. The lowest BCUT2D eigenvalue weighted by Gasteiger charge is -2.05. The summed E-state index contributed by atoms with van der Waals surface area (Å²) in [4.78, 5) is 10.7. The monoisotopic (exact) mass is 192 g/mol. The first-order chi connectivity index (χ1) is 6.68. The van der Waals surface area contributed by atoms with E-state index in [1.54, 1.807) is 25.3 Å². The molecule has 0 aliphatic carbocycles. The summed E-state index contributed by atoms with van der Waals surface area (Å²) in [5.74, 6) is -1.42. The Morgan fingerprint density at radius 1 is 1.57 bits per heavy atom. The van der Waals surface area contributed by atoms with E-state index < -0.39 is 11.9 Å². The maximum atomic E-state index is 10.7. The molecule has 2 aromatic rings. The van der Waals surface area contributed by atoms with E-state index >= 15 is 0 Å². The Hall–Kier alpha value is -1.98. The molecule has 1 N–H and O–H groups in total. The van der Waals surface area contributed by atoms with E-state index in [1.807, 2.05) is 0 Å². The van der Waals surface area contributed by atoms with Crippen LogP contribution in [0.1, 0.15) is 18.4 Å². The van der Waals surface area contributed by atoms with Crippen LogP contribution < -0.4 is 0 Å². The Labute approximate surface area is 79.2 Å². The summed E-state index contributed by atoms with van der Waals surface area (Å²) < 4.78 is 1.45. The quantitative estimate of drug-likeness (QED) is 0.740. The van der Waals surface area contributed by atoms with Gasteiger partial charge in [-0.25, -0.2) is 4.52 Å². The van der Waals surface area contributed by atoms with Crippen molar-refractivity contribution < 1.29 is 9.90 Å². The molecule has 0 aliphatic heterocycles. The number of aliphatic carboxylic acids is 1. The maximum Gasteiger partial charge on any atom is 0.310 e. The van der Waals surface area contributed by atoms with Crippen molar-refractivity contribution in [3.8, 4) is 0 Å². The standard InChI is InChI=1S/C8H8N4O2/c1-5(8(13)14)6-2-3-7-9-10-11-12(7)4-6/h2-5H,1H3,(H,13,14). The second kappa shape index (κ2) is 3.06. The average Bonchev–Trinajstić information content (AvgIpc) is 2.62. The molecule has 0 saturated carbocycles. The normalized spacial score (nSPS) is 12.9. The SMILES string of the molecule is CC(C(=O)O)c1ccc2nnnn2c1. The van der Waals surface area contributed by atoms with Gasteiger partial charge in [0.1, 0.15) is 0 Å². The van der Waals surface area contributed by atoms with Gasteiger partial charge in [-0.15, -0.1) is 5.10 Å². The van der Waals surface area contributed by atoms with Crippen molar-refractivity contribution in [3.63, 3.8) is 0 Å². The second-order valence-corrected chi connectivity index (χ2v) is 3.00. The summed E-state index contributed by atoms with van der Waals surface area (Å²) in [6, 6.07) is 3.40. The molecule has 0 saturated heterocycles. The molecule has 0 amide bonds. The van der Waals surface area contributed by atoms with E-state index in [1.165, 1.54) is 4.52 Å². The van der Waals surface area contributed by atoms with Crippen molar-refractivity contribution in [1.82, 2.24) is 20.0 Å². The fourth-order valence-electron chi connectivity index (χ4n) is 1.16. The van der Waals surface area contributed by atoms with Crippen molar-refractivity contribution in [3.05, 3.63) is 23.9 Å². The van der Waals surface area contributed by atoms with E-state index in [0.29, 0.717) is 11.2 Å². The summed E-state index contributed by atoms with van der Waals surface area (Å²) in [6.45, 7) is 1.62. The van der Waals surface area contributed by atoms with E-state index in [0.717, 1.165) is 0 Å². The van der Waals surface area contributed by atoms with Gasteiger partial charge < -0.3 is 5.11 Å². The lowest BCUT2D eigenvalue weighted by molar-refractivity contribution is -0.138. The van der Waals surface area contributed by atoms with Gasteiger partial charge in [-0.3, -0.25) is 4.79 Å². The lowest BCUT2D eigenvalue weighted by atomic mass is 10.0. The summed E-state index contributed by atoms with van der Waals surface area (Å²) in [6.07, 6.45) is 1.62. The average molecular weight is 192 g/mol. The van der Waals surface area contributed by atoms with Gasteiger partial charge in [0, 0.05) is 6.20 Å². The third-order valence-corrected chi connectivity index (χ3v) is 2.08. The van der Waals surface area contributed by atoms with Crippen molar-refractivity contribution >= 4 is 11.6 Å². The van der Waals surface area contributed by atoms with Crippen LogP contribution >= 0.6 is 0 Å². The zero-order chi connectivity index (χ0) is 10.1. The lowest BCUT2D eigenvalue weighted by Crippen LogP contribution is -2.08. The van der Waals surface area contributed by atoms with Crippen LogP contribution in [0.4, 0.5) is 0 Å². The molecule has 1 atom stereocenters. The smallest absolute Gasteiger partial charge is 0.310 e. The van der Waals surface area contributed by atoms with Crippen LogP contribution in [-0.4, -0.2) is 31.1 Å². The Morgan fingerprint density at radius 3 is 3.07 bits per heavy atom. The molecule has 1 unspecified atom stereocenters. The number of pyridine rings is 1. The summed E-state index contributed by atoms with van der Waals surface area (Å²) in [5, 5.41) is 19.7. The predicted molar refractivity (Wildman–Crippen MR) is 46.8 cm³/mol. The number of aromatic nitrogens is 4. The third-order valence-electron chi connectivity index (χ3n) is 2.08. The number of carboxylic acid groups (broad SMARTS) is 1. The van der Waals surface area contributed by atoms with Gasteiger partial charge >= 0.3 is 5.97 Å². The van der Waals surface area contributed by atoms with Gasteiger partial charge in [-0.05, 0) is 29.0 Å². The molecule has 2 rings (SSSR count). The number of hydrogen-bond donors (Lipinski definition) is 1. The second-order valence-electron chi connectivity index (χ2n) is 3.00. The van der Waals surface area contributed by atoms with Crippen molar-refractivity contribution in [2.45, 2.75) is 12.8 Å². The van der Waals surface area contributed by atoms with Gasteiger partial charge in [0.15, 0.2) is 5.65 Å². The van der Waals surface area contributed by atoms with Crippen molar-refractivity contribution in [2.24, 2.45) is 0 Å². The van der Waals surface area contributed by atoms with E-state index in [9.17, 15) is 4.79 Å². The van der Waals surface area contributed by atoms with E-state index in [-0.39, 0.29) is 0 Å². The fourth-order valence-corrected chi connectivity index (χ4v) is 1.16. The minimum absolute atomic E-state index is 0.552. The summed E-state index contributed by atoms with van der Waals surface area (Å²) in [7, 11) is 0. The molecule has 14 heavy (non-hydrogen) atoms. The van der Waals surface area contributed by atoms with Crippen LogP contribution in [0, 0.1) is 0 Å². The number of tetrazole rings is 1. The fraction of sp³-hybridized carbons (Fsp3) is 0.250. The van der Waals surface area contributed by atoms with Gasteiger partial charge in [0.2, 0.25) is 0 Å². The number of rotatable bonds is 2. The van der Waals surface area contributed by atoms with E-state index in [4.69, 9.17) is 5.11 Å². The Kier molecular flexibility index (Phi) is 1.88. The van der Waals surface area contributed by atoms with Crippen LogP contribution in [0.15, 0.2) is 18.3 Å². The molecular weight excluding hydrogens is 184 g/mol. The largest absolute Gasteiger partial charge is 0.481 e. The highest BCUT2D eigenvalue weighted by Crippen LogP contribution is 2.14. The van der Waals surface area contributed by atoms with Gasteiger partial charge in [-0.1, -0.05) is 6.07 Å². The number of carboxylic acids is 1. The minimum Gasteiger partial charge on any atom is -0.481 e. The predicted octanol–water partition coefficient (Wildman–Crippen LogP) is 0.312. The summed E-state index contributed by atoms with van der Waals surface area (Å²) in [5.41, 5.74) is 1.28. The topological polar surface area (TPSA) is 80.4 Å². The number of fused-ring (bicyclic) bond motifs is 1. The Bertz CT molecular complexity index is 479. The van der Waals surface area contributed by atoms with Crippen LogP contribution in [0.5, 0.6) is 0 Å². The molecular formula is C8H8N4O2. The molecule has 6 nitrogen and oxygen atoms in total. The molecule has 0 fully saturated rings. The van der Waals surface area contributed by atoms with Gasteiger partial charge in [0.25, 0.3) is 0 Å². The molecule has 72 valence electrons. The zero-order valence-electron chi connectivity index (χ0n) is 7.45.